The maximum Gasteiger partial charge on any atom is 0.0755 e. The monoisotopic (exact) mass is 354 g/mol. The molecule has 2 nitrogen and oxygen atoms in total. The van der Waals surface area contributed by atoms with E-state index in [0.29, 0.717) is 0 Å². The van der Waals surface area contributed by atoms with Crippen molar-refractivity contribution in [3.8, 4) is 0 Å². The maximum absolute atomic E-state index is 3.58. The van der Waals surface area contributed by atoms with Gasteiger partial charge < -0.3 is 9.80 Å². The van der Waals surface area contributed by atoms with Crippen molar-refractivity contribution in [1.29, 1.82) is 0 Å². The van der Waals surface area contributed by atoms with Crippen LogP contribution >= 0.6 is 43.2 Å². The second kappa shape index (κ2) is 6.35. The standard InChI is InChI=1S/C10H16Br2N2S/c1-13(2)4-5-14(3)7-8-6-9(11)15-10(8)12/h6H,4-5,7H2,1-3H3. The number of halogens is 2. The topological polar surface area (TPSA) is 6.48 Å². The lowest BCUT2D eigenvalue weighted by atomic mass is 10.3. The van der Waals surface area contributed by atoms with E-state index in [0.717, 1.165) is 19.6 Å². The van der Waals surface area contributed by atoms with Gasteiger partial charge in [-0.2, -0.15) is 0 Å². The molecule has 1 rings (SSSR count). The highest BCUT2D eigenvalue weighted by molar-refractivity contribution is 9.12. The smallest absolute Gasteiger partial charge is 0.0755 e. The molecule has 0 saturated carbocycles. The van der Waals surface area contributed by atoms with Gasteiger partial charge in [0.25, 0.3) is 0 Å². The summed E-state index contributed by atoms with van der Waals surface area (Å²) in [5, 5.41) is 0. The van der Waals surface area contributed by atoms with Crippen molar-refractivity contribution in [3.63, 3.8) is 0 Å². The van der Waals surface area contributed by atoms with Crippen LogP contribution in [0.2, 0.25) is 0 Å². The normalized spacial score (nSPS) is 11.7. The van der Waals surface area contributed by atoms with Crippen molar-refractivity contribution >= 4 is 43.2 Å². The summed E-state index contributed by atoms with van der Waals surface area (Å²) in [6.07, 6.45) is 0. The van der Waals surface area contributed by atoms with E-state index in [1.54, 1.807) is 11.3 Å². The van der Waals surface area contributed by atoms with E-state index >= 15 is 0 Å². The molecule has 0 aliphatic rings. The molecule has 0 unspecified atom stereocenters. The van der Waals surface area contributed by atoms with E-state index < -0.39 is 0 Å². The number of thiophene rings is 1. The van der Waals surface area contributed by atoms with Gasteiger partial charge in [-0.3, -0.25) is 0 Å². The van der Waals surface area contributed by atoms with Gasteiger partial charge in [-0.25, -0.2) is 0 Å². The quantitative estimate of drug-likeness (QED) is 0.799. The second-order valence-corrected chi connectivity index (χ2v) is 7.64. The lowest BCUT2D eigenvalue weighted by molar-refractivity contribution is 0.276. The Morgan fingerprint density at radius 1 is 1.20 bits per heavy atom. The zero-order valence-corrected chi connectivity index (χ0v) is 13.2. The van der Waals surface area contributed by atoms with Crippen LogP contribution in [0.15, 0.2) is 13.6 Å². The summed E-state index contributed by atoms with van der Waals surface area (Å²) in [6, 6.07) is 2.18. The van der Waals surface area contributed by atoms with Gasteiger partial charge in [-0.05, 0) is 64.6 Å². The third-order valence-electron chi connectivity index (χ3n) is 2.10. The molecule has 0 radical (unpaired) electrons. The van der Waals surface area contributed by atoms with Crippen LogP contribution in [0, 0.1) is 0 Å². The molecule has 0 bridgehead atoms. The third kappa shape index (κ3) is 4.95. The molecular formula is C10H16Br2N2S. The van der Waals surface area contributed by atoms with Crippen LogP contribution in [0.25, 0.3) is 0 Å². The van der Waals surface area contributed by atoms with Crippen LogP contribution in [-0.2, 0) is 6.54 Å². The van der Waals surface area contributed by atoms with E-state index in [1.807, 2.05) is 0 Å². The Morgan fingerprint density at radius 2 is 1.87 bits per heavy atom. The minimum Gasteiger partial charge on any atom is -0.308 e. The Hall–Kier alpha value is 0.580. The van der Waals surface area contributed by atoms with Crippen molar-refractivity contribution in [2.24, 2.45) is 0 Å². The zero-order valence-electron chi connectivity index (χ0n) is 9.26. The minimum atomic E-state index is 0.997. The highest BCUT2D eigenvalue weighted by atomic mass is 79.9. The summed E-state index contributed by atoms with van der Waals surface area (Å²) >= 11 is 8.81. The number of rotatable bonds is 5. The molecule has 1 heterocycles. The van der Waals surface area contributed by atoms with E-state index in [2.05, 4.69) is 68.9 Å². The lowest BCUT2D eigenvalue weighted by Crippen LogP contribution is -2.28. The van der Waals surface area contributed by atoms with Gasteiger partial charge in [-0.15, -0.1) is 11.3 Å². The maximum atomic E-state index is 3.58. The van der Waals surface area contributed by atoms with Crippen molar-refractivity contribution in [2.45, 2.75) is 6.54 Å². The second-order valence-electron chi connectivity index (χ2n) is 3.89. The summed E-state index contributed by atoms with van der Waals surface area (Å²) in [4.78, 5) is 4.54. The Morgan fingerprint density at radius 3 is 2.33 bits per heavy atom. The summed E-state index contributed by atoms with van der Waals surface area (Å²) in [5.41, 5.74) is 1.35. The minimum absolute atomic E-state index is 0.997. The Bertz CT molecular complexity index is 312. The summed E-state index contributed by atoms with van der Waals surface area (Å²) < 4.78 is 2.41. The fourth-order valence-corrected chi connectivity index (χ4v) is 4.03. The van der Waals surface area contributed by atoms with Gasteiger partial charge in [0.1, 0.15) is 0 Å². The molecule has 1 aromatic heterocycles. The molecule has 1 aromatic rings. The summed E-state index contributed by atoms with van der Waals surface area (Å²) in [6.45, 7) is 3.18. The molecule has 15 heavy (non-hydrogen) atoms. The number of hydrogen-bond donors (Lipinski definition) is 0. The summed E-state index contributed by atoms with van der Waals surface area (Å²) in [5.74, 6) is 0. The Kier molecular flexibility index (Phi) is 5.77. The summed E-state index contributed by atoms with van der Waals surface area (Å²) in [7, 11) is 6.36. The first-order chi connectivity index (χ1) is 6.99. The Balaban J connectivity index is 2.44. The third-order valence-corrected chi connectivity index (χ3v) is 4.56. The lowest BCUT2D eigenvalue weighted by Gasteiger charge is -2.18. The van der Waals surface area contributed by atoms with Gasteiger partial charge in [0, 0.05) is 19.6 Å². The molecule has 0 aromatic carbocycles. The SMILES string of the molecule is CN(C)CCN(C)Cc1cc(Br)sc1Br. The highest BCUT2D eigenvalue weighted by Gasteiger charge is 2.07. The van der Waals surface area contributed by atoms with E-state index in [-0.39, 0.29) is 0 Å². The molecule has 0 fully saturated rings. The van der Waals surface area contributed by atoms with Crippen LogP contribution in [0.3, 0.4) is 0 Å². The molecule has 0 amide bonds. The molecule has 5 heteroatoms. The van der Waals surface area contributed by atoms with E-state index in [9.17, 15) is 0 Å². The number of nitrogens with zero attached hydrogens (tertiary/aromatic N) is 2. The predicted octanol–water partition coefficient (Wildman–Crippen LogP) is 3.27. The molecule has 0 aliphatic carbocycles. The average Bonchev–Trinajstić information content (AvgIpc) is 2.42. The molecule has 0 atom stereocenters. The number of likely N-dealkylation sites (N-methyl/N-ethyl adjacent to an activating group) is 2. The zero-order chi connectivity index (χ0) is 11.4. The average molecular weight is 356 g/mol. The molecule has 86 valence electrons. The highest BCUT2D eigenvalue weighted by Crippen LogP contribution is 2.32. The molecule has 0 N–H and O–H groups in total. The van der Waals surface area contributed by atoms with Crippen LogP contribution in [0.5, 0.6) is 0 Å². The number of hydrogen-bond acceptors (Lipinski definition) is 3. The molecule has 0 saturated heterocycles. The first-order valence-corrected chi connectivity index (χ1v) is 7.16. The first kappa shape index (κ1) is 13.6. The van der Waals surface area contributed by atoms with Crippen molar-refractivity contribution in [1.82, 2.24) is 9.80 Å². The first-order valence-electron chi connectivity index (χ1n) is 4.76. The van der Waals surface area contributed by atoms with Gasteiger partial charge in [0.2, 0.25) is 0 Å². The van der Waals surface area contributed by atoms with Crippen molar-refractivity contribution in [3.05, 3.63) is 19.2 Å². The fraction of sp³-hybridized carbons (Fsp3) is 0.600. The molecule has 0 spiro atoms. The molecular weight excluding hydrogens is 340 g/mol. The van der Waals surface area contributed by atoms with Crippen molar-refractivity contribution in [2.75, 3.05) is 34.2 Å². The van der Waals surface area contributed by atoms with Crippen LogP contribution in [0.4, 0.5) is 0 Å². The van der Waals surface area contributed by atoms with Gasteiger partial charge in [0.05, 0.1) is 7.57 Å². The van der Waals surface area contributed by atoms with E-state index in [1.165, 1.54) is 13.1 Å². The largest absolute Gasteiger partial charge is 0.308 e. The Labute approximate surface area is 113 Å². The van der Waals surface area contributed by atoms with Crippen LogP contribution in [0.1, 0.15) is 5.56 Å². The van der Waals surface area contributed by atoms with Crippen molar-refractivity contribution < 1.29 is 0 Å². The predicted molar refractivity (Wildman–Crippen MR) is 74.6 cm³/mol. The van der Waals surface area contributed by atoms with Gasteiger partial charge >= 0.3 is 0 Å². The van der Waals surface area contributed by atoms with Gasteiger partial charge in [-0.1, -0.05) is 0 Å². The van der Waals surface area contributed by atoms with Gasteiger partial charge in [0.15, 0.2) is 0 Å². The van der Waals surface area contributed by atoms with E-state index in [4.69, 9.17) is 0 Å². The molecule has 0 aliphatic heterocycles. The van der Waals surface area contributed by atoms with Crippen LogP contribution in [-0.4, -0.2) is 44.0 Å². The fourth-order valence-electron chi connectivity index (χ4n) is 1.22. The van der Waals surface area contributed by atoms with Crippen LogP contribution < -0.4 is 0 Å².